The van der Waals surface area contributed by atoms with Gasteiger partial charge in [-0.15, -0.1) is 0 Å². The Balaban J connectivity index is 1.56. The molecule has 0 amide bonds. The number of rotatable bonds is 6. The number of benzene rings is 3. The van der Waals surface area contributed by atoms with Gasteiger partial charge in [-0.3, -0.25) is 4.79 Å². The molecule has 3 aromatic carbocycles. The molecule has 150 valence electrons. The molecule has 0 saturated carbocycles. The molecule has 0 radical (unpaired) electrons. The van der Waals surface area contributed by atoms with E-state index < -0.39 is 0 Å². The highest BCUT2D eigenvalue weighted by atomic mass is 16.1. The van der Waals surface area contributed by atoms with Crippen molar-refractivity contribution in [2.24, 2.45) is 5.10 Å². The summed E-state index contributed by atoms with van der Waals surface area (Å²) < 4.78 is 1.35. The van der Waals surface area contributed by atoms with Gasteiger partial charge in [0.15, 0.2) is 0 Å². The summed E-state index contributed by atoms with van der Waals surface area (Å²) in [7, 11) is 0. The van der Waals surface area contributed by atoms with E-state index in [1.54, 1.807) is 19.2 Å². The number of anilines is 1. The van der Waals surface area contributed by atoms with Crippen molar-refractivity contribution in [1.29, 1.82) is 0 Å². The Morgan fingerprint density at radius 2 is 1.67 bits per heavy atom. The van der Waals surface area contributed by atoms with E-state index in [0.29, 0.717) is 16.7 Å². The van der Waals surface area contributed by atoms with Crippen molar-refractivity contribution in [1.82, 2.24) is 9.66 Å². The second-order valence-electron chi connectivity index (χ2n) is 7.13. The molecule has 0 spiro atoms. The largest absolute Gasteiger partial charge is 0.367 e. The Kier molecular flexibility index (Phi) is 5.70. The maximum atomic E-state index is 12.7. The standard InChI is InChI=1S/C25H24N4O/c1-3-28(18-21-9-5-4-6-10-21)22-15-13-20(14-16-22)17-26-29-19(2)27-24-12-8-7-11-23(24)25(29)30/h4-17H,3,18H2,1-2H3/b26-17-. The summed E-state index contributed by atoms with van der Waals surface area (Å²) in [5.41, 5.74) is 3.89. The summed E-state index contributed by atoms with van der Waals surface area (Å²) in [4.78, 5) is 19.5. The first-order valence-corrected chi connectivity index (χ1v) is 10.1. The van der Waals surface area contributed by atoms with Gasteiger partial charge >= 0.3 is 0 Å². The maximum Gasteiger partial charge on any atom is 0.282 e. The van der Waals surface area contributed by atoms with Crippen LogP contribution in [0.5, 0.6) is 0 Å². The molecule has 0 saturated heterocycles. The summed E-state index contributed by atoms with van der Waals surface area (Å²) in [6.45, 7) is 5.72. The Bertz CT molecular complexity index is 1230. The summed E-state index contributed by atoms with van der Waals surface area (Å²) >= 11 is 0. The van der Waals surface area contributed by atoms with E-state index in [1.807, 2.05) is 36.4 Å². The van der Waals surface area contributed by atoms with Crippen LogP contribution in [0.4, 0.5) is 5.69 Å². The number of aromatic nitrogens is 2. The van der Waals surface area contributed by atoms with Gasteiger partial charge in [0.2, 0.25) is 0 Å². The minimum absolute atomic E-state index is 0.161. The van der Waals surface area contributed by atoms with Gasteiger partial charge in [0.25, 0.3) is 5.56 Å². The van der Waals surface area contributed by atoms with Gasteiger partial charge in [-0.2, -0.15) is 9.78 Å². The molecule has 4 rings (SSSR count). The van der Waals surface area contributed by atoms with Crippen LogP contribution in [0.3, 0.4) is 0 Å². The molecule has 0 N–H and O–H groups in total. The first-order chi connectivity index (χ1) is 14.7. The van der Waals surface area contributed by atoms with Gasteiger partial charge in [0.05, 0.1) is 17.1 Å². The SMILES string of the molecule is CCN(Cc1ccccc1)c1ccc(/C=N\n2c(C)nc3ccccc3c2=O)cc1. The smallest absolute Gasteiger partial charge is 0.282 e. The number of aryl methyl sites for hydroxylation is 1. The maximum absolute atomic E-state index is 12.7. The zero-order valence-corrected chi connectivity index (χ0v) is 17.2. The monoisotopic (exact) mass is 396 g/mol. The molecule has 4 aromatic rings. The Morgan fingerprint density at radius 1 is 0.967 bits per heavy atom. The van der Waals surface area contributed by atoms with Crippen molar-refractivity contribution in [3.05, 3.63) is 106 Å². The predicted octanol–water partition coefficient (Wildman–Crippen LogP) is 4.61. The fourth-order valence-corrected chi connectivity index (χ4v) is 3.46. The van der Waals surface area contributed by atoms with Crippen LogP contribution in [0.1, 0.15) is 23.9 Å². The van der Waals surface area contributed by atoms with Gasteiger partial charge in [-0.25, -0.2) is 4.98 Å². The summed E-state index contributed by atoms with van der Waals surface area (Å²) in [6, 6.07) is 26.0. The second kappa shape index (κ2) is 8.74. The van der Waals surface area contributed by atoms with Crippen molar-refractivity contribution in [2.45, 2.75) is 20.4 Å². The lowest BCUT2D eigenvalue weighted by molar-refractivity contribution is 0.771. The van der Waals surface area contributed by atoms with Crippen LogP contribution in [0.15, 0.2) is 88.8 Å². The zero-order chi connectivity index (χ0) is 20.9. The van der Waals surface area contributed by atoms with Crippen LogP contribution in [0.25, 0.3) is 10.9 Å². The quantitative estimate of drug-likeness (QED) is 0.447. The molecule has 5 nitrogen and oxygen atoms in total. The predicted molar refractivity (Wildman–Crippen MR) is 123 cm³/mol. The average Bonchev–Trinajstić information content (AvgIpc) is 2.78. The van der Waals surface area contributed by atoms with Gasteiger partial charge in [-0.1, -0.05) is 54.6 Å². The third-order valence-corrected chi connectivity index (χ3v) is 5.09. The fraction of sp³-hybridized carbons (Fsp3) is 0.160. The molecule has 1 heterocycles. The van der Waals surface area contributed by atoms with E-state index in [9.17, 15) is 4.79 Å². The molecule has 0 aliphatic heterocycles. The molecule has 0 aliphatic rings. The van der Waals surface area contributed by atoms with E-state index in [0.717, 1.165) is 24.3 Å². The molecule has 5 heteroatoms. The van der Waals surface area contributed by atoms with Crippen LogP contribution in [0, 0.1) is 6.92 Å². The van der Waals surface area contributed by atoms with Crippen molar-refractivity contribution in [2.75, 3.05) is 11.4 Å². The van der Waals surface area contributed by atoms with Gasteiger partial charge in [0.1, 0.15) is 5.82 Å². The van der Waals surface area contributed by atoms with Gasteiger partial charge in [-0.05, 0) is 49.2 Å². The van der Waals surface area contributed by atoms with Crippen LogP contribution in [-0.2, 0) is 6.54 Å². The van der Waals surface area contributed by atoms with Crippen LogP contribution in [-0.4, -0.2) is 22.4 Å². The molecule has 1 aromatic heterocycles. The lowest BCUT2D eigenvalue weighted by Gasteiger charge is -2.23. The first-order valence-electron chi connectivity index (χ1n) is 10.1. The molecule has 30 heavy (non-hydrogen) atoms. The third-order valence-electron chi connectivity index (χ3n) is 5.09. The number of fused-ring (bicyclic) bond motifs is 1. The topological polar surface area (TPSA) is 50.5 Å². The Hall–Kier alpha value is -3.73. The van der Waals surface area contributed by atoms with E-state index in [-0.39, 0.29) is 5.56 Å². The van der Waals surface area contributed by atoms with Crippen LogP contribution in [0.2, 0.25) is 0 Å². The van der Waals surface area contributed by atoms with Crippen molar-refractivity contribution in [3.63, 3.8) is 0 Å². The molecular weight excluding hydrogens is 372 g/mol. The molecular formula is C25H24N4O. The summed E-state index contributed by atoms with van der Waals surface area (Å²) in [5.74, 6) is 0.562. The van der Waals surface area contributed by atoms with E-state index in [1.165, 1.54) is 10.2 Å². The molecule has 0 fully saturated rings. The van der Waals surface area contributed by atoms with Crippen LogP contribution >= 0.6 is 0 Å². The minimum Gasteiger partial charge on any atom is -0.367 e. The van der Waals surface area contributed by atoms with E-state index >= 15 is 0 Å². The zero-order valence-electron chi connectivity index (χ0n) is 17.2. The van der Waals surface area contributed by atoms with E-state index in [2.05, 4.69) is 58.3 Å². The minimum atomic E-state index is -0.161. The van der Waals surface area contributed by atoms with Crippen LogP contribution < -0.4 is 10.5 Å². The van der Waals surface area contributed by atoms with Gasteiger partial charge < -0.3 is 4.90 Å². The molecule has 0 aliphatic carbocycles. The molecule has 0 unspecified atom stereocenters. The summed E-state index contributed by atoms with van der Waals surface area (Å²) in [6.07, 6.45) is 1.70. The lowest BCUT2D eigenvalue weighted by Crippen LogP contribution is -2.22. The second-order valence-corrected chi connectivity index (χ2v) is 7.13. The highest BCUT2D eigenvalue weighted by Gasteiger charge is 2.07. The number of nitrogens with zero attached hydrogens (tertiary/aromatic N) is 4. The fourth-order valence-electron chi connectivity index (χ4n) is 3.46. The van der Waals surface area contributed by atoms with Gasteiger partial charge in [0, 0.05) is 18.8 Å². The average molecular weight is 396 g/mol. The normalized spacial score (nSPS) is 11.3. The summed E-state index contributed by atoms with van der Waals surface area (Å²) in [5, 5.41) is 4.96. The third kappa shape index (κ3) is 4.15. The Labute approximate surface area is 175 Å². The highest BCUT2D eigenvalue weighted by Crippen LogP contribution is 2.17. The van der Waals surface area contributed by atoms with Crippen molar-refractivity contribution >= 4 is 22.8 Å². The highest BCUT2D eigenvalue weighted by molar-refractivity contribution is 5.81. The van der Waals surface area contributed by atoms with E-state index in [4.69, 9.17) is 0 Å². The lowest BCUT2D eigenvalue weighted by atomic mass is 10.1. The first kappa shape index (κ1) is 19.6. The number of para-hydroxylation sites is 1. The molecule has 0 bridgehead atoms. The number of hydrogen-bond acceptors (Lipinski definition) is 4. The Morgan fingerprint density at radius 3 is 2.40 bits per heavy atom. The van der Waals surface area contributed by atoms with Crippen molar-refractivity contribution < 1.29 is 0 Å². The van der Waals surface area contributed by atoms with Crippen molar-refractivity contribution in [3.8, 4) is 0 Å². The molecule has 0 atom stereocenters. The number of hydrogen-bond donors (Lipinski definition) is 0.